The van der Waals surface area contributed by atoms with Gasteiger partial charge in [0.05, 0.1) is 27.4 Å². The number of rotatable bonds is 7. The van der Waals surface area contributed by atoms with E-state index < -0.39 is 0 Å². The molecule has 21 heavy (non-hydrogen) atoms. The first-order chi connectivity index (χ1) is 9.85. The molecule has 0 aliphatic carbocycles. The molecule has 1 N–H and O–H groups in total. The number of carbonyl (C=O) groups excluding carboxylic acids is 1. The van der Waals surface area contributed by atoms with Crippen LogP contribution in [-0.4, -0.2) is 57.4 Å². The second-order valence-corrected chi connectivity index (χ2v) is 6.01. The van der Waals surface area contributed by atoms with Crippen molar-refractivity contribution in [1.29, 1.82) is 0 Å². The third kappa shape index (κ3) is 6.40. The van der Waals surface area contributed by atoms with E-state index in [9.17, 15) is 4.79 Å². The van der Waals surface area contributed by atoms with Gasteiger partial charge < -0.3 is 9.38 Å². The van der Waals surface area contributed by atoms with Crippen LogP contribution >= 0.6 is 0 Å². The average Bonchev–Trinajstić information content (AvgIpc) is 2.40. The first-order valence-electron chi connectivity index (χ1n) is 7.33. The lowest BCUT2D eigenvalue weighted by Gasteiger charge is -2.22. The summed E-state index contributed by atoms with van der Waals surface area (Å²) in [4.78, 5) is 13.9. The molecule has 5 heteroatoms. The Bertz CT molecular complexity index is 470. The van der Waals surface area contributed by atoms with Gasteiger partial charge in [0, 0.05) is 18.8 Å². The van der Waals surface area contributed by atoms with Gasteiger partial charge in [0.1, 0.15) is 0 Å². The maximum atomic E-state index is 11.6. The number of hydrogen-bond acceptors (Lipinski definition) is 3. The minimum atomic E-state index is -0.0847. The molecule has 0 saturated heterocycles. The molecule has 0 radical (unpaired) electrons. The summed E-state index contributed by atoms with van der Waals surface area (Å²) < 4.78 is 0.583. The molecule has 0 aliphatic heterocycles. The van der Waals surface area contributed by atoms with Crippen molar-refractivity contribution in [3.63, 3.8) is 0 Å². The zero-order valence-electron chi connectivity index (χ0n) is 13.8. The van der Waals surface area contributed by atoms with E-state index >= 15 is 0 Å². The van der Waals surface area contributed by atoms with Crippen LogP contribution in [0.4, 0.5) is 5.69 Å². The van der Waals surface area contributed by atoms with Crippen LogP contribution in [0.3, 0.4) is 0 Å². The second kappa shape index (κ2) is 7.78. The molecule has 0 aromatic heterocycles. The van der Waals surface area contributed by atoms with Crippen molar-refractivity contribution in [1.82, 2.24) is 5.43 Å². The van der Waals surface area contributed by atoms with Crippen molar-refractivity contribution in [2.24, 2.45) is 5.10 Å². The van der Waals surface area contributed by atoms with Gasteiger partial charge in [0.15, 0.2) is 6.54 Å². The summed E-state index contributed by atoms with van der Waals surface area (Å²) in [6.45, 7) is 6.67. The van der Waals surface area contributed by atoms with E-state index in [1.165, 1.54) is 5.69 Å². The number of quaternary nitrogens is 1. The number of carbonyl (C=O) groups is 1. The van der Waals surface area contributed by atoms with Crippen LogP contribution in [0.25, 0.3) is 0 Å². The summed E-state index contributed by atoms with van der Waals surface area (Å²) in [7, 11) is 5.90. The van der Waals surface area contributed by atoms with Gasteiger partial charge in [0.25, 0.3) is 5.91 Å². The molecule has 1 amide bonds. The van der Waals surface area contributed by atoms with Gasteiger partial charge >= 0.3 is 0 Å². The van der Waals surface area contributed by atoms with E-state index in [0.717, 1.165) is 18.7 Å². The lowest BCUT2D eigenvalue weighted by molar-refractivity contribution is -0.862. The van der Waals surface area contributed by atoms with E-state index in [2.05, 4.69) is 41.4 Å². The van der Waals surface area contributed by atoms with Gasteiger partial charge in [0.2, 0.25) is 0 Å². The molecule has 0 saturated carbocycles. The Kier molecular flexibility index (Phi) is 6.37. The molecular formula is C16H27N4O+. The fraction of sp³-hybridized carbons (Fsp3) is 0.500. The topological polar surface area (TPSA) is 44.7 Å². The molecule has 1 rings (SSSR count). The van der Waals surface area contributed by atoms with Crippen LogP contribution in [0.1, 0.15) is 19.4 Å². The number of nitrogens with one attached hydrogen (secondary N) is 1. The minimum Gasteiger partial charge on any atom is -0.372 e. The Hall–Kier alpha value is -1.88. The predicted molar refractivity (Wildman–Crippen MR) is 88.6 cm³/mol. The van der Waals surface area contributed by atoms with Crippen molar-refractivity contribution < 1.29 is 9.28 Å². The summed E-state index contributed by atoms with van der Waals surface area (Å²) in [5, 5.41) is 3.99. The molecule has 0 unspecified atom stereocenters. The highest BCUT2D eigenvalue weighted by atomic mass is 16.2. The van der Waals surface area contributed by atoms with Gasteiger partial charge in [-0.2, -0.15) is 5.10 Å². The molecule has 0 heterocycles. The molecule has 1 aromatic carbocycles. The van der Waals surface area contributed by atoms with E-state index in [1.807, 2.05) is 33.3 Å². The first kappa shape index (κ1) is 17.2. The largest absolute Gasteiger partial charge is 0.372 e. The number of nitrogens with zero attached hydrogens (tertiary/aromatic N) is 3. The molecule has 0 aliphatic rings. The predicted octanol–water partition coefficient (Wildman–Crippen LogP) is 1.69. The molecule has 0 bridgehead atoms. The molecule has 116 valence electrons. The Morgan fingerprint density at radius 2 is 1.76 bits per heavy atom. The summed E-state index contributed by atoms with van der Waals surface area (Å²) in [6.07, 6.45) is 1.67. The van der Waals surface area contributed by atoms with Gasteiger partial charge in [-0.25, -0.2) is 5.43 Å². The Morgan fingerprint density at radius 3 is 2.24 bits per heavy atom. The molecule has 1 aromatic rings. The molecule has 0 atom stereocenters. The van der Waals surface area contributed by atoms with Crippen molar-refractivity contribution >= 4 is 17.8 Å². The number of hydrazone groups is 1. The van der Waals surface area contributed by atoms with Crippen molar-refractivity contribution in [3.8, 4) is 0 Å². The van der Waals surface area contributed by atoms with Crippen molar-refractivity contribution in [2.45, 2.75) is 13.8 Å². The fourth-order valence-corrected chi connectivity index (χ4v) is 2.00. The fourth-order valence-electron chi connectivity index (χ4n) is 2.00. The number of anilines is 1. The molecule has 5 nitrogen and oxygen atoms in total. The zero-order chi connectivity index (χ0) is 15.9. The van der Waals surface area contributed by atoms with Crippen LogP contribution < -0.4 is 10.3 Å². The van der Waals surface area contributed by atoms with Gasteiger partial charge in [-0.3, -0.25) is 4.79 Å². The van der Waals surface area contributed by atoms with Gasteiger partial charge in [-0.15, -0.1) is 0 Å². The quantitative estimate of drug-likeness (QED) is 0.472. The highest BCUT2D eigenvalue weighted by Crippen LogP contribution is 2.13. The SMILES string of the molecule is CCN(CC)c1ccc(/C=N\NC(=O)C[N+](C)(C)C)cc1. The third-order valence-electron chi connectivity index (χ3n) is 3.04. The summed E-state index contributed by atoms with van der Waals surface area (Å²) in [5.74, 6) is -0.0847. The van der Waals surface area contributed by atoms with Crippen LogP contribution in [0.5, 0.6) is 0 Å². The molecule has 0 spiro atoms. The number of hydrogen-bond donors (Lipinski definition) is 1. The van der Waals surface area contributed by atoms with E-state index in [-0.39, 0.29) is 5.91 Å². The van der Waals surface area contributed by atoms with Gasteiger partial charge in [-0.05, 0) is 31.5 Å². The minimum absolute atomic E-state index is 0.0847. The highest BCUT2D eigenvalue weighted by Gasteiger charge is 2.12. The standard InChI is InChI=1S/C16H26N4O/c1-6-19(7-2)15-10-8-14(9-11-15)12-17-18-16(21)13-20(3,4)5/h8-12H,6-7,13H2,1-5H3/p+1/b17-12-. The second-order valence-electron chi connectivity index (χ2n) is 6.01. The maximum Gasteiger partial charge on any atom is 0.295 e. The van der Waals surface area contributed by atoms with E-state index in [0.29, 0.717) is 11.0 Å². The zero-order valence-corrected chi connectivity index (χ0v) is 13.8. The first-order valence-corrected chi connectivity index (χ1v) is 7.33. The normalized spacial score (nSPS) is 11.7. The molecule has 0 fully saturated rings. The van der Waals surface area contributed by atoms with Crippen LogP contribution in [-0.2, 0) is 4.79 Å². The lowest BCUT2D eigenvalue weighted by Crippen LogP contribution is -2.43. The summed E-state index contributed by atoms with van der Waals surface area (Å²) in [6, 6.07) is 8.15. The Balaban J connectivity index is 2.56. The van der Waals surface area contributed by atoms with Crippen LogP contribution in [0, 0.1) is 0 Å². The number of benzene rings is 1. The van der Waals surface area contributed by atoms with Gasteiger partial charge in [-0.1, -0.05) is 12.1 Å². The number of likely N-dealkylation sites (N-methyl/N-ethyl adjacent to an activating group) is 1. The van der Waals surface area contributed by atoms with E-state index in [4.69, 9.17) is 0 Å². The monoisotopic (exact) mass is 291 g/mol. The Morgan fingerprint density at radius 1 is 1.19 bits per heavy atom. The van der Waals surface area contributed by atoms with E-state index in [1.54, 1.807) is 6.21 Å². The van der Waals surface area contributed by atoms with Crippen LogP contribution in [0.2, 0.25) is 0 Å². The van der Waals surface area contributed by atoms with Crippen molar-refractivity contribution in [2.75, 3.05) is 45.7 Å². The Labute approximate surface area is 127 Å². The van der Waals surface area contributed by atoms with Crippen LogP contribution in [0.15, 0.2) is 29.4 Å². The third-order valence-corrected chi connectivity index (χ3v) is 3.04. The average molecular weight is 291 g/mol. The molecular weight excluding hydrogens is 264 g/mol. The van der Waals surface area contributed by atoms with Crippen molar-refractivity contribution in [3.05, 3.63) is 29.8 Å². The highest BCUT2D eigenvalue weighted by molar-refractivity contribution is 5.83. The lowest BCUT2D eigenvalue weighted by atomic mass is 10.2. The summed E-state index contributed by atoms with van der Waals surface area (Å²) in [5.41, 5.74) is 4.72. The smallest absolute Gasteiger partial charge is 0.295 e. The summed E-state index contributed by atoms with van der Waals surface area (Å²) >= 11 is 0. The number of amides is 1. The maximum absolute atomic E-state index is 11.6.